The zero-order valence-corrected chi connectivity index (χ0v) is 14.9. The molecule has 0 bridgehead atoms. The molecule has 3 rings (SSSR count). The first-order valence-electron chi connectivity index (χ1n) is 8.75. The van der Waals surface area contributed by atoms with Crippen molar-refractivity contribution in [1.82, 2.24) is 4.90 Å². The Bertz CT molecular complexity index is 446. The van der Waals surface area contributed by atoms with E-state index in [1.54, 1.807) is 0 Å². The second-order valence-corrected chi connectivity index (χ2v) is 7.60. The number of fused-ring (bicyclic) bond motifs is 1. The Morgan fingerprint density at radius 3 is 2.19 bits per heavy atom. The van der Waals surface area contributed by atoms with Gasteiger partial charge in [-0.15, -0.1) is 0 Å². The molecule has 3 fully saturated rings. The molecule has 0 aromatic rings. The van der Waals surface area contributed by atoms with Crippen LogP contribution in [0.4, 0.5) is 0 Å². The van der Waals surface area contributed by atoms with Crippen molar-refractivity contribution in [2.24, 2.45) is 16.2 Å². The van der Waals surface area contributed by atoms with E-state index in [1.165, 1.54) is 19.3 Å². The fraction of sp³-hybridized carbons (Fsp3) is 0.842. The molecule has 0 amide bonds. The minimum absolute atomic E-state index is 0.0895. The summed E-state index contributed by atoms with van der Waals surface area (Å²) in [4.78, 5) is 14.8. The van der Waals surface area contributed by atoms with E-state index in [4.69, 9.17) is 0 Å². The maximum absolute atomic E-state index is 12.5. The van der Waals surface area contributed by atoms with Crippen LogP contribution >= 0.6 is 0 Å². The Balaban J connectivity index is 0.000000774. The summed E-state index contributed by atoms with van der Waals surface area (Å²) in [6.07, 6.45) is 5.99. The van der Waals surface area contributed by atoms with Crippen LogP contribution in [0, 0.1) is 16.2 Å². The van der Waals surface area contributed by atoms with E-state index >= 15 is 0 Å². The summed E-state index contributed by atoms with van der Waals surface area (Å²) < 4.78 is 0. The first-order chi connectivity index (χ1) is 9.83. The summed E-state index contributed by atoms with van der Waals surface area (Å²) in [6.45, 7) is 15.9. The van der Waals surface area contributed by atoms with Crippen molar-refractivity contribution in [3.8, 4) is 0 Å². The van der Waals surface area contributed by atoms with Gasteiger partial charge >= 0.3 is 0 Å². The van der Waals surface area contributed by atoms with E-state index in [-0.39, 0.29) is 6.04 Å². The Morgan fingerprint density at radius 2 is 1.81 bits per heavy atom. The number of carbonyl (C=O) groups is 1. The molecule has 120 valence electrons. The molecule has 21 heavy (non-hydrogen) atoms. The van der Waals surface area contributed by atoms with Crippen LogP contribution in [-0.2, 0) is 4.79 Å². The standard InChI is InChI=1S/C17H27NO.C2H6/c1-6-12(2)14(19)13-10-17(11-18(13)5)15(3,4)16(17)8-7-9-16;1-2/h13H,2,6-11H2,1,3-5H3;1-2H3/t13?,17-;/m1./s1. The van der Waals surface area contributed by atoms with Gasteiger partial charge in [0.25, 0.3) is 0 Å². The number of likely N-dealkylation sites (N-methyl/N-ethyl adjacent to an activating group) is 1. The van der Waals surface area contributed by atoms with Gasteiger partial charge in [-0.25, -0.2) is 0 Å². The Labute approximate surface area is 131 Å². The molecule has 0 aromatic heterocycles. The van der Waals surface area contributed by atoms with Gasteiger partial charge in [0.2, 0.25) is 0 Å². The van der Waals surface area contributed by atoms with Crippen LogP contribution in [-0.4, -0.2) is 30.3 Å². The molecule has 2 nitrogen and oxygen atoms in total. The quantitative estimate of drug-likeness (QED) is 0.716. The van der Waals surface area contributed by atoms with Crippen molar-refractivity contribution in [3.05, 3.63) is 12.2 Å². The van der Waals surface area contributed by atoms with Crippen molar-refractivity contribution < 1.29 is 4.79 Å². The predicted molar refractivity (Wildman–Crippen MR) is 89.3 cm³/mol. The van der Waals surface area contributed by atoms with Gasteiger partial charge < -0.3 is 0 Å². The summed E-state index contributed by atoms with van der Waals surface area (Å²) in [6, 6.07) is 0.0895. The average Bonchev–Trinajstić information content (AvgIpc) is 2.67. The summed E-state index contributed by atoms with van der Waals surface area (Å²) in [5, 5.41) is 0. The van der Waals surface area contributed by atoms with Gasteiger partial charge in [-0.3, -0.25) is 9.69 Å². The van der Waals surface area contributed by atoms with Crippen LogP contribution in [0.15, 0.2) is 12.2 Å². The Kier molecular flexibility index (Phi) is 4.16. The monoisotopic (exact) mass is 291 g/mol. The second-order valence-electron chi connectivity index (χ2n) is 7.60. The maximum Gasteiger partial charge on any atom is 0.175 e. The van der Waals surface area contributed by atoms with Crippen molar-refractivity contribution in [1.29, 1.82) is 0 Å². The number of hydrogen-bond donors (Lipinski definition) is 0. The van der Waals surface area contributed by atoms with Crippen molar-refractivity contribution in [3.63, 3.8) is 0 Å². The molecule has 2 aliphatic carbocycles. The molecule has 2 saturated carbocycles. The molecule has 1 saturated heterocycles. The van der Waals surface area contributed by atoms with Gasteiger partial charge in [-0.05, 0) is 54.5 Å². The van der Waals surface area contributed by atoms with Crippen LogP contribution in [0.2, 0.25) is 0 Å². The highest BCUT2D eigenvalue weighted by atomic mass is 16.1. The van der Waals surface area contributed by atoms with Crippen molar-refractivity contribution in [2.75, 3.05) is 13.6 Å². The minimum Gasteiger partial charge on any atom is -0.296 e. The summed E-state index contributed by atoms with van der Waals surface area (Å²) in [7, 11) is 2.13. The Hall–Kier alpha value is -0.630. The van der Waals surface area contributed by atoms with E-state index in [0.29, 0.717) is 22.0 Å². The highest BCUT2D eigenvalue weighted by Crippen LogP contribution is 2.88. The molecule has 0 radical (unpaired) electrons. The van der Waals surface area contributed by atoms with Crippen molar-refractivity contribution >= 4 is 5.78 Å². The van der Waals surface area contributed by atoms with E-state index in [0.717, 1.165) is 25.0 Å². The average molecular weight is 291 g/mol. The normalized spacial score (nSPS) is 35.0. The number of likely N-dealkylation sites (tertiary alicyclic amines) is 1. The van der Waals surface area contributed by atoms with Crippen LogP contribution in [0.25, 0.3) is 0 Å². The first-order valence-corrected chi connectivity index (χ1v) is 8.75. The highest BCUT2D eigenvalue weighted by molar-refractivity contribution is 5.99. The summed E-state index contributed by atoms with van der Waals surface area (Å²) >= 11 is 0. The maximum atomic E-state index is 12.5. The molecule has 2 atom stereocenters. The number of rotatable bonds is 3. The number of hydrogen-bond acceptors (Lipinski definition) is 2. The highest BCUT2D eigenvalue weighted by Gasteiger charge is 2.84. The van der Waals surface area contributed by atoms with E-state index in [1.807, 2.05) is 20.8 Å². The van der Waals surface area contributed by atoms with E-state index < -0.39 is 0 Å². The lowest BCUT2D eigenvalue weighted by Gasteiger charge is -2.32. The molecule has 1 heterocycles. The third-order valence-corrected chi connectivity index (χ3v) is 7.12. The van der Waals surface area contributed by atoms with Gasteiger partial charge in [0.15, 0.2) is 5.78 Å². The molecule has 1 unspecified atom stereocenters. The fourth-order valence-electron chi connectivity index (χ4n) is 5.48. The van der Waals surface area contributed by atoms with E-state index in [9.17, 15) is 4.79 Å². The minimum atomic E-state index is 0.0895. The van der Waals surface area contributed by atoms with Gasteiger partial charge in [0.1, 0.15) is 0 Å². The molecule has 2 spiro atoms. The lowest BCUT2D eigenvalue weighted by molar-refractivity contribution is -0.119. The van der Waals surface area contributed by atoms with Crippen molar-refractivity contribution in [2.45, 2.75) is 72.8 Å². The summed E-state index contributed by atoms with van der Waals surface area (Å²) in [5.74, 6) is 0.291. The van der Waals surface area contributed by atoms with Gasteiger partial charge in [-0.1, -0.05) is 47.6 Å². The smallest absolute Gasteiger partial charge is 0.175 e. The SMILES string of the molecule is C=C(CC)C(=O)C1C[C@@]2(CN1C)C(C)(C)C21CCC1.CC. The third-order valence-electron chi connectivity index (χ3n) is 7.12. The molecular formula is C19H33NO. The second kappa shape index (κ2) is 5.22. The predicted octanol–water partition coefficient (Wildman–Crippen LogP) is 4.45. The van der Waals surface area contributed by atoms with Gasteiger partial charge in [0.05, 0.1) is 6.04 Å². The largest absolute Gasteiger partial charge is 0.296 e. The van der Waals surface area contributed by atoms with Crippen LogP contribution in [0.5, 0.6) is 0 Å². The van der Waals surface area contributed by atoms with Crippen LogP contribution in [0.1, 0.15) is 66.7 Å². The molecule has 0 aromatic carbocycles. The lowest BCUT2D eigenvalue weighted by atomic mass is 9.73. The van der Waals surface area contributed by atoms with Crippen LogP contribution in [0.3, 0.4) is 0 Å². The molecule has 3 aliphatic rings. The molecule has 1 aliphatic heterocycles. The number of carbonyl (C=O) groups excluding carboxylic acids is 1. The zero-order chi connectivity index (χ0) is 16.1. The lowest BCUT2D eigenvalue weighted by Crippen LogP contribution is -2.33. The Morgan fingerprint density at radius 1 is 1.24 bits per heavy atom. The fourth-order valence-corrected chi connectivity index (χ4v) is 5.48. The number of Topliss-reactive ketones (excluding diaryl/α,β-unsaturated/α-hetero) is 1. The van der Waals surface area contributed by atoms with Crippen LogP contribution < -0.4 is 0 Å². The van der Waals surface area contributed by atoms with E-state index in [2.05, 4.69) is 32.4 Å². The zero-order valence-electron chi connectivity index (χ0n) is 14.9. The molecule has 2 heteroatoms. The topological polar surface area (TPSA) is 20.3 Å². The molecular weight excluding hydrogens is 258 g/mol. The number of ketones is 1. The third kappa shape index (κ3) is 1.84. The molecule has 0 N–H and O–H groups in total. The van der Waals surface area contributed by atoms with Gasteiger partial charge in [0, 0.05) is 6.54 Å². The first kappa shape index (κ1) is 16.7. The summed E-state index contributed by atoms with van der Waals surface area (Å²) in [5.41, 5.74) is 2.18. The van der Waals surface area contributed by atoms with Gasteiger partial charge in [-0.2, -0.15) is 0 Å². The number of nitrogens with zero attached hydrogens (tertiary/aromatic N) is 1.